The Morgan fingerprint density at radius 1 is 1.43 bits per heavy atom. The molecule has 0 rings (SSSR count). The molecule has 0 aromatic rings. The van der Waals surface area contributed by atoms with Gasteiger partial charge in [-0.2, -0.15) is 0 Å². The summed E-state index contributed by atoms with van der Waals surface area (Å²) in [7, 11) is 0. The monoisotopic (exact) mass is 218 g/mol. The lowest BCUT2D eigenvalue weighted by Crippen LogP contribution is -2.14. The van der Waals surface area contributed by atoms with Gasteiger partial charge in [0.1, 0.15) is 0 Å². The standard InChI is InChI=1S/C11H22O2S/c1-4-6-7-10(5-2)8-14-9(3)11(12)13/h9-10H,4-8H2,1-3H3,(H,12,13). The first-order chi connectivity index (χ1) is 6.61. The number of rotatable bonds is 8. The molecule has 2 atom stereocenters. The molecule has 0 spiro atoms. The molecule has 0 aromatic carbocycles. The minimum absolute atomic E-state index is 0.259. The molecule has 0 amide bonds. The molecule has 0 aromatic heterocycles. The number of carboxylic acid groups (broad SMARTS) is 1. The lowest BCUT2D eigenvalue weighted by Gasteiger charge is -2.15. The van der Waals surface area contributed by atoms with E-state index in [4.69, 9.17) is 5.11 Å². The Hall–Kier alpha value is -0.180. The Morgan fingerprint density at radius 3 is 2.50 bits per heavy atom. The minimum Gasteiger partial charge on any atom is -0.480 e. The Balaban J connectivity index is 3.66. The second-order valence-corrected chi connectivity index (χ2v) is 5.10. The van der Waals surface area contributed by atoms with Crippen LogP contribution in [0.4, 0.5) is 0 Å². The first-order valence-corrected chi connectivity index (χ1v) is 6.51. The Kier molecular flexibility index (Phi) is 8.05. The molecular weight excluding hydrogens is 196 g/mol. The molecule has 0 saturated carbocycles. The summed E-state index contributed by atoms with van der Waals surface area (Å²) in [6.45, 7) is 6.14. The van der Waals surface area contributed by atoms with E-state index in [1.54, 1.807) is 18.7 Å². The van der Waals surface area contributed by atoms with Crippen molar-refractivity contribution in [3.05, 3.63) is 0 Å². The SMILES string of the molecule is CCCCC(CC)CSC(C)C(=O)O. The highest BCUT2D eigenvalue weighted by Gasteiger charge is 2.14. The molecule has 0 bridgehead atoms. The van der Waals surface area contributed by atoms with Crippen LogP contribution in [0.5, 0.6) is 0 Å². The van der Waals surface area contributed by atoms with Crippen LogP contribution < -0.4 is 0 Å². The van der Waals surface area contributed by atoms with E-state index in [2.05, 4.69) is 13.8 Å². The zero-order valence-corrected chi connectivity index (χ0v) is 10.3. The number of unbranched alkanes of at least 4 members (excludes halogenated alkanes) is 1. The van der Waals surface area contributed by atoms with Gasteiger partial charge in [-0.15, -0.1) is 11.8 Å². The van der Waals surface area contributed by atoms with E-state index in [0.717, 1.165) is 5.75 Å². The molecule has 0 saturated heterocycles. The summed E-state index contributed by atoms with van der Waals surface area (Å²) >= 11 is 1.57. The van der Waals surface area contributed by atoms with E-state index >= 15 is 0 Å². The second-order valence-electron chi connectivity index (χ2n) is 3.73. The van der Waals surface area contributed by atoms with Crippen molar-refractivity contribution in [3.63, 3.8) is 0 Å². The zero-order valence-electron chi connectivity index (χ0n) is 9.45. The lowest BCUT2D eigenvalue weighted by atomic mass is 10.0. The smallest absolute Gasteiger partial charge is 0.316 e. The summed E-state index contributed by atoms with van der Waals surface area (Å²) in [5, 5.41) is 8.46. The summed E-state index contributed by atoms with van der Waals surface area (Å²) in [6.07, 6.45) is 4.90. The van der Waals surface area contributed by atoms with Crippen molar-refractivity contribution in [1.82, 2.24) is 0 Å². The lowest BCUT2D eigenvalue weighted by molar-refractivity contribution is -0.136. The third-order valence-electron chi connectivity index (χ3n) is 2.47. The molecule has 0 aliphatic heterocycles. The highest BCUT2D eigenvalue weighted by atomic mass is 32.2. The number of carboxylic acids is 1. The number of hydrogen-bond acceptors (Lipinski definition) is 2. The van der Waals surface area contributed by atoms with Gasteiger partial charge in [0.05, 0.1) is 5.25 Å². The fraction of sp³-hybridized carbons (Fsp3) is 0.909. The molecule has 2 nitrogen and oxygen atoms in total. The van der Waals surface area contributed by atoms with Crippen LogP contribution in [0.25, 0.3) is 0 Å². The predicted molar refractivity (Wildman–Crippen MR) is 62.9 cm³/mol. The van der Waals surface area contributed by atoms with Gasteiger partial charge in [0.15, 0.2) is 0 Å². The molecule has 2 unspecified atom stereocenters. The fourth-order valence-corrected chi connectivity index (χ4v) is 2.36. The van der Waals surface area contributed by atoms with Gasteiger partial charge in [-0.1, -0.05) is 33.1 Å². The van der Waals surface area contributed by atoms with Gasteiger partial charge >= 0.3 is 5.97 Å². The number of carbonyl (C=O) groups is 1. The Labute approximate surface area is 91.5 Å². The second kappa shape index (κ2) is 8.16. The van der Waals surface area contributed by atoms with Crippen LogP contribution >= 0.6 is 11.8 Å². The number of thioether (sulfide) groups is 1. The maximum absolute atomic E-state index is 10.6. The van der Waals surface area contributed by atoms with Gasteiger partial charge in [0.25, 0.3) is 0 Å². The highest BCUT2D eigenvalue weighted by Crippen LogP contribution is 2.21. The van der Waals surface area contributed by atoms with Crippen LogP contribution in [-0.4, -0.2) is 22.1 Å². The molecule has 0 radical (unpaired) electrons. The maximum atomic E-state index is 10.6. The summed E-state index contributed by atoms with van der Waals surface area (Å²) in [6, 6.07) is 0. The van der Waals surface area contributed by atoms with Gasteiger partial charge in [-0.3, -0.25) is 4.79 Å². The van der Waals surface area contributed by atoms with Crippen molar-refractivity contribution < 1.29 is 9.90 Å². The normalized spacial score (nSPS) is 15.1. The van der Waals surface area contributed by atoms with Gasteiger partial charge in [0, 0.05) is 0 Å². The minimum atomic E-state index is -0.694. The average Bonchev–Trinajstić information content (AvgIpc) is 2.17. The van der Waals surface area contributed by atoms with E-state index in [1.165, 1.54) is 25.7 Å². The van der Waals surface area contributed by atoms with Crippen molar-refractivity contribution in [2.75, 3.05) is 5.75 Å². The topological polar surface area (TPSA) is 37.3 Å². The summed E-state index contributed by atoms with van der Waals surface area (Å²) in [5.41, 5.74) is 0. The van der Waals surface area contributed by atoms with Gasteiger partial charge in [-0.25, -0.2) is 0 Å². The molecule has 3 heteroatoms. The van der Waals surface area contributed by atoms with Crippen LogP contribution in [0.15, 0.2) is 0 Å². The summed E-state index contributed by atoms with van der Waals surface area (Å²) in [4.78, 5) is 10.6. The van der Waals surface area contributed by atoms with Crippen molar-refractivity contribution in [2.45, 2.75) is 51.7 Å². The van der Waals surface area contributed by atoms with Crippen molar-refractivity contribution in [2.24, 2.45) is 5.92 Å². The quantitative estimate of drug-likeness (QED) is 0.678. The molecular formula is C11H22O2S. The molecule has 84 valence electrons. The summed E-state index contributed by atoms with van der Waals surface area (Å²) in [5.74, 6) is 0.992. The van der Waals surface area contributed by atoms with Crippen molar-refractivity contribution in [3.8, 4) is 0 Å². The zero-order chi connectivity index (χ0) is 11.0. The summed E-state index contributed by atoms with van der Waals surface area (Å²) < 4.78 is 0. The Bertz CT molecular complexity index is 159. The van der Waals surface area contributed by atoms with Crippen LogP contribution in [0.1, 0.15) is 46.5 Å². The molecule has 14 heavy (non-hydrogen) atoms. The average molecular weight is 218 g/mol. The molecule has 1 N–H and O–H groups in total. The first-order valence-electron chi connectivity index (χ1n) is 5.46. The third-order valence-corrected chi connectivity index (χ3v) is 3.84. The van der Waals surface area contributed by atoms with Crippen LogP contribution in [0, 0.1) is 5.92 Å². The van der Waals surface area contributed by atoms with E-state index in [9.17, 15) is 4.79 Å². The number of aliphatic carboxylic acids is 1. The van der Waals surface area contributed by atoms with Crippen molar-refractivity contribution >= 4 is 17.7 Å². The van der Waals surface area contributed by atoms with Crippen LogP contribution in [-0.2, 0) is 4.79 Å². The predicted octanol–water partition coefficient (Wildman–Crippen LogP) is 3.41. The maximum Gasteiger partial charge on any atom is 0.316 e. The number of hydrogen-bond donors (Lipinski definition) is 1. The largest absolute Gasteiger partial charge is 0.480 e. The van der Waals surface area contributed by atoms with Gasteiger partial charge in [-0.05, 0) is 25.0 Å². The highest BCUT2D eigenvalue weighted by molar-refractivity contribution is 8.00. The first kappa shape index (κ1) is 13.8. The van der Waals surface area contributed by atoms with E-state index in [-0.39, 0.29) is 5.25 Å². The van der Waals surface area contributed by atoms with Crippen LogP contribution in [0.3, 0.4) is 0 Å². The third kappa shape index (κ3) is 6.30. The van der Waals surface area contributed by atoms with Crippen molar-refractivity contribution in [1.29, 1.82) is 0 Å². The molecule has 0 fully saturated rings. The van der Waals surface area contributed by atoms with Crippen LogP contribution in [0.2, 0.25) is 0 Å². The van der Waals surface area contributed by atoms with E-state index in [0.29, 0.717) is 5.92 Å². The van der Waals surface area contributed by atoms with Gasteiger partial charge in [0.2, 0.25) is 0 Å². The fourth-order valence-electron chi connectivity index (χ4n) is 1.25. The van der Waals surface area contributed by atoms with E-state index < -0.39 is 5.97 Å². The molecule has 0 heterocycles. The molecule has 0 aliphatic carbocycles. The Morgan fingerprint density at radius 2 is 2.07 bits per heavy atom. The van der Waals surface area contributed by atoms with E-state index in [1.807, 2.05) is 0 Å². The molecule has 0 aliphatic rings. The van der Waals surface area contributed by atoms with Gasteiger partial charge < -0.3 is 5.11 Å².